The minimum Gasteiger partial charge on any atom is -0.481 e. The van der Waals surface area contributed by atoms with Gasteiger partial charge in [0, 0.05) is 19.3 Å². The fraction of sp³-hybridized carbons (Fsp3) is 0.235. The Morgan fingerprint density at radius 3 is 2.74 bits per heavy atom. The average molecular weight is 312 g/mol. The third-order valence-corrected chi connectivity index (χ3v) is 3.80. The molecular formula is C17H16N2O4. The zero-order valence-corrected chi connectivity index (χ0v) is 12.4. The first-order chi connectivity index (χ1) is 11.1. The molecule has 1 fully saturated rings. The number of carbonyl (C=O) groups is 2. The predicted molar refractivity (Wildman–Crippen MR) is 82.4 cm³/mol. The predicted octanol–water partition coefficient (Wildman–Crippen LogP) is 2.42. The van der Waals surface area contributed by atoms with Crippen molar-refractivity contribution in [3.05, 3.63) is 54.4 Å². The van der Waals surface area contributed by atoms with Crippen molar-refractivity contribution in [1.29, 1.82) is 0 Å². The molecular weight excluding hydrogens is 296 g/mol. The molecule has 0 radical (unpaired) electrons. The molecule has 1 atom stereocenters. The largest absolute Gasteiger partial charge is 0.481 e. The van der Waals surface area contributed by atoms with Crippen LogP contribution < -0.4 is 4.74 Å². The molecule has 118 valence electrons. The Bertz CT molecular complexity index is 718. The van der Waals surface area contributed by atoms with Crippen molar-refractivity contribution < 1.29 is 19.4 Å². The van der Waals surface area contributed by atoms with Gasteiger partial charge in [0.15, 0.2) is 0 Å². The Kier molecular flexibility index (Phi) is 4.23. The van der Waals surface area contributed by atoms with Crippen molar-refractivity contribution in [3.63, 3.8) is 0 Å². The number of rotatable bonds is 4. The van der Waals surface area contributed by atoms with E-state index in [0.717, 1.165) is 0 Å². The van der Waals surface area contributed by atoms with E-state index in [0.29, 0.717) is 30.0 Å². The number of carboxylic acids is 1. The molecule has 1 aliphatic rings. The van der Waals surface area contributed by atoms with E-state index in [1.54, 1.807) is 53.7 Å². The summed E-state index contributed by atoms with van der Waals surface area (Å²) in [6.45, 7) is 0.673. The number of aromatic nitrogens is 1. The molecule has 0 aliphatic carbocycles. The van der Waals surface area contributed by atoms with E-state index < -0.39 is 11.9 Å². The highest BCUT2D eigenvalue weighted by Gasteiger charge is 2.32. The number of pyridine rings is 1. The molecule has 0 spiro atoms. The highest BCUT2D eigenvalue weighted by Crippen LogP contribution is 2.27. The lowest BCUT2D eigenvalue weighted by atomic mass is 10.1. The number of carbonyl (C=O) groups excluding carboxylic acids is 1. The monoisotopic (exact) mass is 312 g/mol. The number of para-hydroxylation sites is 1. The van der Waals surface area contributed by atoms with Crippen molar-refractivity contribution in [2.75, 3.05) is 13.1 Å². The van der Waals surface area contributed by atoms with E-state index >= 15 is 0 Å². The van der Waals surface area contributed by atoms with Crippen LogP contribution in [-0.4, -0.2) is 40.0 Å². The third kappa shape index (κ3) is 3.31. The second-order valence-electron chi connectivity index (χ2n) is 5.36. The quantitative estimate of drug-likeness (QED) is 0.938. The minimum atomic E-state index is -0.861. The summed E-state index contributed by atoms with van der Waals surface area (Å²) in [6.07, 6.45) is 3.68. The molecule has 1 N–H and O–H groups in total. The second kappa shape index (κ2) is 6.48. The van der Waals surface area contributed by atoms with Gasteiger partial charge in [0.2, 0.25) is 0 Å². The molecule has 1 saturated heterocycles. The molecule has 2 aromatic rings. The summed E-state index contributed by atoms with van der Waals surface area (Å²) in [5.74, 6) is -0.597. The average Bonchev–Trinajstić information content (AvgIpc) is 3.06. The molecule has 1 aliphatic heterocycles. The van der Waals surface area contributed by atoms with Crippen LogP contribution in [0.3, 0.4) is 0 Å². The molecule has 2 heterocycles. The molecule has 3 rings (SSSR count). The normalized spacial score (nSPS) is 17.0. The standard InChI is InChI=1S/C17H16N2O4/c20-16(19-9-7-12(11-19)17(21)22)14-5-1-2-6-15(14)23-13-4-3-8-18-10-13/h1-6,8,10,12H,7,9,11H2,(H,21,22)/t12-/m1/s1. The second-order valence-corrected chi connectivity index (χ2v) is 5.36. The summed E-state index contributed by atoms with van der Waals surface area (Å²) in [4.78, 5) is 29.2. The number of hydrogen-bond acceptors (Lipinski definition) is 4. The number of amides is 1. The highest BCUT2D eigenvalue weighted by molar-refractivity contribution is 5.97. The zero-order chi connectivity index (χ0) is 16.2. The van der Waals surface area contributed by atoms with Crippen LogP contribution in [0.25, 0.3) is 0 Å². The lowest BCUT2D eigenvalue weighted by molar-refractivity contribution is -0.141. The van der Waals surface area contributed by atoms with Crippen molar-refractivity contribution in [2.45, 2.75) is 6.42 Å². The summed E-state index contributed by atoms with van der Waals surface area (Å²) in [6, 6.07) is 10.4. The van der Waals surface area contributed by atoms with Gasteiger partial charge in [0.1, 0.15) is 11.5 Å². The summed E-state index contributed by atoms with van der Waals surface area (Å²) in [5.41, 5.74) is 0.419. The van der Waals surface area contributed by atoms with Crippen LogP contribution in [0, 0.1) is 5.92 Å². The summed E-state index contributed by atoms with van der Waals surface area (Å²) in [5, 5.41) is 9.06. The van der Waals surface area contributed by atoms with Crippen LogP contribution in [-0.2, 0) is 4.79 Å². The summed E-state index contributed by atoms with van der Waals surface area (Å²) in [7, 11) is 0. The van der Waals surface area contributed by atoms with Crippen molar-refractivity contribution in [1.82, 2.24) is 9.88 Å². The molecule has 0 bridgehead atoms. The summed E-state index contributed by atoms with van der Waals surface area (Å²) >= 11 is 0. The van der Waals surface area contributed by atoms with E-state index in [2.05, 4.69) is 4.98 Å². The summed E-state index contributed by atoms with van der Waals surface area (Å²) < 4.78 is 5.74. The number of hydrogen-bond donors (Lipinski definition) is 1. The highest BCUT2D eigenvalue weighted by atomic mass is 16.5. The van der Waals surface area contributed by atoms with Gasteiger partial charge >= 0.3 is 5.97 Å². The van der Waals surface area contributed by atoms with E-state index in [4.69, 9.17) is 9.84 Å². The van der Waals surface area contributed by atoms with E-state index in [1.165, 1.54) is 0 Å². The molecule has 0 saturated carbocycles. The van der Waals surface area contributed by atoms with Crippen molar-refractivity contribution >= 4 is 11.9 Å². The minimum absolute atomic E-state index is 0.215. The number of ether oxygens (including phenoxy) is 1. The maximum atomic E-state index is 12.7. The van der Waals surface area contributed by atoms with Crippen molar-refractivity contribution in [3.8, 4) is 11.5 Å². The van der Waals surface area contributed by atoms with Gasteiger partial charge < -0.3 is 14.7 Å². The van der Waals surface area contributed by atoms with Gasteiger partial charge in [-0.25, -0.2) is 0 Å². The van der Waals surface area contributed by atoms with E-state index in [9.17, 15) is 9.59 Å². The Morgan fingerprint density at radius 2 is 2.04 bits per heavy atom. The number of aliphatic carboxylic acids is 1. The fourth-order valence-corrected chi connectivity index (χ4v) is 2.58. The van der Waals surface area contributed by atoms with Crippen LogP contribution in [0.1, 0.15) is 16.8 Å². The first-order valence-corrected chi connectivity index (χ1v) is 7.34. The van der Waals surface area contributed by atoms with Gasteiger partial charge in [0.05, 0.1) is 17.7 Å². The molecule has 23 heavy (non-hydrogen) atoms. The van der Waals surface area contributed by atoms with Crippen molar-refractivity contribution in [2.24, 2.45) is 5.92 Å². The lowest BCUT2D eigenvalue weighted by Crippen LogP contribution is -2.30. The van der Waals surface area contributed by atoms with E-state index in [-0.39, 0.29) is 12.5 Å². The van der Waals surface area contributed by atoms with Gasteiger partial charge in [-0.15, -0.1) is 0 Å². The molecule has 0 unspecified atom stereocenters. The van der Waals surface area contributed by atoms with Crippen LogP contribution in [0.5, 0.6) is 11.5 Å². The van der Waals surface area contributed by atoms with Crippen LogP contribution in [0.15, 0.2) is 48.8 Å². The van der Waals surface area contributed by atoms with Crippen LogP contribution in [0.4, 0.5) is 0 Å². The van der Waals surface area contributed by atoms with Crippen LogP contribution in [0.2, 0.25) is 0 Å². The smallest absolute Gasteiger partial charge is 0.308 e. The van der Waals surface area contributed by atoms with Gasteiger partial charge in [0.25, 0.3) is 5.91 Å². The molecule has 1 amide bonds. The Morgan fingerprint density at radius 1 is 1.22 bits per heavy atom. The Hall–Kier alpha value is -2.89. The maximum absolute atomic E-state index is 12.7. The maximum Gasteiger partial charge on any atom is 0.308 e. The first-order valence-electron chi connectivity index (χ1n) is 7.34. The van der Waals surface area contributed by atoms with Gasteiger partial charge in [-0.3, -0.25) is 14.6 Å². The zero-order valence-electron chi connectivity index (χ0n) is 12.4. The third-order valence-electron chi connectivity index (χ3n) is 3.80. The fourth-order valence-electron chi connectivity index (χ4n) is 2.58. The molecule has 6 heteroatoms. The topological polar surface area (TPSA) is 79.7 Å². The molecule has 1 aromatic heterocycles. The molecule has 1 aromatic carbocycles. The number of nitrogens with zero attached hydrogens (tertiary/aromatic N) is 2. The first kappa shape index (κ1) is 15.0. The molecule has 6 nitrogen and oxygen atoms in total. The van der Waals surface area contributed by atoms with Gasteiger partial charge in [-0.1, -0.05) is 12.1 Å². The Labute approximate surface area is 133 Å². The number of likely N-dealkylation sites (tertiary alicyclic amines) is 1. The lowest BCUT2D eigenvalue weighted by Gasteiger charge is -2.18. The SMILES string of the molecule is O=C(O)[C@@H]1CCN(C(=O)c2ccccc2Oc2cccnc2)C1. The van der Waals surface area contributed by atoms with Crippen LogP contribution >= 0.6 is 0 Å². The van der Waals surface area contributed by atoms with E-state index in [1.807, 2.05) is 0 Å². The van der Waals surface area contributed by atoms with Gasteiger partial charge in [-0.2, -0.15) is 0 Å². The number of carboxylic acid groups (broad SMARTS) is 1. The number of benzene rings is 1. The Balaban J connectivity index is 1.80. The van der Waals surface area contributed by atoms with Gasteiger partial charge in [-0.05, 0) is 30.7 Å².